The number of ether oxygens (including phenoxy) is 1. The molecule has 1 aromatic carbocycles. The summed E-state index contributed by atoms with van der Waals surface area (Å²) in [4.78, 5) is 29.6. The maximum absolute atomic E-state index is 12.9. The number of thiazole rings is 1. The summed E-state index contributed by atoms with van der Waals surface area (Å²) >= 11 is 7.97. The van der Waals surface area contributed by atoms with E-state index in [-0.39, 0.29) is 17.2 Å². The molecule has 0 bridgehead atoms. The van der Waals surface area contributed by atoms with Crippen molar-refractivity contribution in [1.82, 2.24) is 19.4 Å². The number of nitrogens with zero attached hydrogens (tertiary/aromatic N) is 3. The summed E-state index contributed by atoms with van der Waals surface area (Å²) in [6.45, 7) is 2.72. The Morgan fingerprint density at radius 2 is 2.21 bits per heavy atom. The lowest BCUT2D eigenvalue weighted by molar-refractivity contribution is -0.118. The first-order valence-electron chi connectivity index (χ1n) is 9.12. The number of carbonyl (C=O) groups is 1. The topological polar surface area (TPSA) is 78.2 Å². The van der Waals surface area contributed by atoms with E-state index in [1.807, 2.05) is 24.3 Å². The van der Waals surface area contributed by atoms with Gasteiger partial charge in [-0.1, -0.05) is 42.5 Å². The number of rotatable bonds is 8. The molecule has 3 aromatic rings. The Hall–Kier alpha value is -2.17. The van der Waals surface area contributed by atoms with Crippen LogP contribution in [0.25, 0.3) is 16.0 Å². The Morgan fingerprint density at radius 3 is 2.93 bits per heavy atom. The molecule has 1 amide bonds. The van der Waals surface area contributed by atoms with Crippen LogP contribution in [0, 0.1) is 3.95 Å². The van der Waals surface area contributed by atoms with E-state index in [9.17, 15) is 9.59 Å². The van der Waals surface area contributed by atoms with Crippen molar-refractivity contribution < 1.29 is 9.53 Å². The van der Waals surface area contributed by atoms with Gasteiger partial charge in [0.1, 0.15) is 10.4 Å². The van der Waals surface area contributed by atoms with Crippen LogP contribution in [0.5, 0.6) is 5.75 Å². The molecule has 0 unspecified atom stereocenters. The zero-order valence-corrected chi connectivity index (χ0v) is 18.9. The minimum atomic E-state index is -0.179. The summed E-state index contributed by atoms with van der Waals surface area (Å²) in [5, 5.41) is 3.34. The number of amides is 1. The molecule has 2 heterocycles. The molecule has 0 fully saturated rings. The molecule has 29 heavy (non-hydrogen) atoms. The van der Waals surface area contributed by atoms with Gasteiger partial charge in [0.05, 0.1) is 18.6 Å². The van der Waals surface area contributed by atoms with Crippen molar-refractivity contribution in [2.75, 3.05) is 19.4 Å². The molecular formula is C19H22N4O3S3. The quantitative estimate of drug-likeness (QED) is 0.245. The van der Waals surface area contributed by atoms with Gasteiger partial charge in [-0.3, -0.25) is 18.7 Å². The molecule has 154 valence electrons. The molecule has 0 atom stereocenters. The summed E-state index contributed by atoms with van der Waals surface area (Å²) < 4.78 is 9.54. The van der Waals surface area contributed by atoms with Crippen molar-refractivity contribution >= 4 is 51.6 Å². The molecule has 10 heteroatoms. The number of aromatic nitrogens is 3. The van der Waals surface area contributed by atoms with Crippen LogP contribution >= 0.6 is 35.3 Å². The first-order chi connectivity index (χ1) is 14.0. The lowest BCUT2D eigenvalue weighted by Crippen LogP contribution is -2.27. The Kier molecular flexibility index (Phi) is 7.09. The Morgan fingerprint density at radius 1 is 1.41 bits per heavy atom. The number of hydrogen-bond acceptors (Lipinski definition) is 7. The summed E-state index contributed by atoms with van der Waals surface area (Å²) in [7, 11) is 3.25. The van der Waals surface area contributed by atoms with E-state index in [2.05, 4.69) is 17.2 Å². The number of nitrogens with one attached hydrogen (secondary N) is 1. The summed E-state index contributed by atoms with van der Waals surface area (Å²) in [6, 6.07) is 7.43. The first kappa shape index (κ1) is 21.5. The molecule has 1 N–H and O–H groups in total. The van der Waals surface area contributed by atoms with Crippen LogP contribution < -0.4 is 15.6 Å². The Bertz CT molecular complexity index is 1150. The number of fused-ring (bicyclic) bond motifs is 1. The predicted molar refractivity (Wildman–Crippen MR) is 120 cm³/mol. The standard InChI is InChI=1S/C19H22N4O3S3/c1-4-5-9-20-14(24)11-28-18-21-16-15(17(25)22(18)2)29-19(27)23(16)12-7-6-8-13(10-12)26-3/h6-8,10H,4-5,9,11H2,1-3H3,(H,20,24). The van der Waals surface area contributed by atoms with Gasteiger partial charge in [0.25, 0.3) is 5.56 Å². The van der Waals surface area contributed by atoms with Crippen molar-refractivity contribution in [1.29, 1.82) is 0 Å². The zero-order valence-electron chi connectivity index (χ0n) is 16.4. The largest absolute Gasteiger partial charge is 0.497 e. The van der Waals surface area contributed by atoms with Gasteiger partial charge in [0.2, 0.25) is 5.91 Å². The van der Waals surface area contributed by atoms with E-state index in [0.29, 0.717) is 31.8 Å². The number of thioether (sulfide) groups is 1. The number of carbonyl (C=O) groups excluding carboxylic acids is 1. The molecule has 0 aliphatic rings. The lowest BCUT2D eigenvalue weighted by atomic mass is 10.3. The van der Waals surface area contributed by atoms with Crippen molar-refractivity contribution in [3.05, 3.63) is 38.6 Å². The fraction of sp³-hybridized carbons (Fsp3) is 0.368. The van der Waals surface area contributed by atoms with Gasteiger partial charge in [0.15, 0.2) is 14.8 Å². The van der Waals surface area contributed by atoms with Gasteiger partial charge in [0, 0.05) is 19.7 Å². The van der Waals surface area contributed by atoms with Gasteiger partial charge in [-0.05, 0) is 30.8 Å². The van der Waals surface area contributed by atoms with Gasteiger partial charge in [-0.15, -0.1) is 0 Å². The van der Waals surface area contributed by atoms with E-state index in [1.165, 1.54) is 27.7 Å². The van der Waals surface area contributed by atoms with Crippen LogP contribution in [0.15, 0.2) is 34.2 Å². The van der Waals surface area contributed by atoms with Crippen LogP contribution in [0.1, 0.15) is 19.8 Å². The molecular weight excluding hydrogens is 428 g/mol. The smallest absolute Gasteiger partial charge is 0.273 e. The highest BCUT2D eigenvalue weighted by atomic mass is 32.2. The summed E-state index contributed by atoms with van der Waals surface area (Å²) in [5.74, 6) is 0.804. The van der Waals surface area contributed by atoms with E-state index in [0.717, 1.165) is 18.5 Å². The van der Waals surface area contributed by atoms with Crippen molar-refractivity contribution in [3.8, 4) is 11.4 Å². The third-order valence-corrected chi connectivity index (χ3v) is 6.65. The molecule has 2 aromatic heterocycles. The van der Waals surface area contributed by atoms with Crippen molar-refractivity contribution in [2.45, 2.75) is 24.9 Å². The molecule has 3 rings (SSSR count). The summed E-state index contributed by atoms with van der Waals surface area (Å²) in [5.41, 5.74) is 1.08. The SMILES string of the molecule is CCCCNC(=O)CSc1nc2c(sc(=S)n2-c2cccc(OC)c2)c(=O)n1C. The summed E-state index contributed by atoms with van der Waals surface area (Å²) in [6.07, 6.45) is 1.96. The Balaban J connectivity index is 1.99. The highest BCUT2D eigenvalue weighted by molar-refractivity contribution is 7.99. The molecule has 0 saturated carbocycles. The third-order valence-electron chi connectivity index (χ3n) is 4.27. The molecule has 0 aliphatic carbocycles. The second-order valence-corrected chi connectivity index (χ2v) is 8.90. The van der Waals surface area contributed by atoms with Crippen LogP contribution in [0.4, 0.5) is 0 Å². The van der Waals surface area contributed by atoms with E-state index < -0.39 is 0 Å². The molecule has 0 aliphatic heterocycles. The van der Waals surface area contributed by atoms with Gasteiger partial charge < -0.3 is 10.1 Å². The van der Waals surface area contributed by atoms with Crippen LogP contribution in [0.3, 0.4) is 0 Å². The molecule has 0 spiro atoms. The second kappa shape index (κ2) is 9.55. The first-order valence-corrected chi connectivity index (χ1v) is 11.3. The fourth-order valence-electron chi connectivity index (χ4n) is 2.70. The molecule has 0 saturated heterocycles. The zero-order chi connectivity index (χ0) is 21.0. The fourth-order valence-corrected chi connectivity index (χ4v) is 4.85. The monoisotopic (exact) mass is 450 g/mol. The second-order valence-electron chi connectivity index (χ2n) is 6.31. The van der Waals surface area contributed by atoms with Gasteiger partial charge in [-0.25, -0.2) is 4.98 Å². The predicted octanol–water partition coefficient (Wildman–Crippen LogP) is 3.53. The highest BCUT2D eigenvalue weighted by Crippen LogP contribution is 2.27. The average Bonchev–Trinajstić information content (AvgIpc) is 3.06. The number of benzene rings is 1. The minimum Gasteiger partial charge on any atom is -0.497 e. The molecule has 7 nitrogen and oxygen atoms in total. The lowest BCUT2D eigenvalue weighted by Gasteiger charge is -2.10. The van der Waals surface area contributed by atoms with E-state index >= 15 is 0 Å². The highest BCUT2D eigenvalue weighted by Gasteiger charge is 2.17. The van der Waals surface area contributed by atoms with Gasteiger partial charge in [-0.2, -0.15) is 0 Å². The maximum atomic E-state index is 12.9. The van der Waals surface area contributed by atoms with Crippen LogP contribution in [-0.2, 0) is 11.8 Å². The number of unbranched alkanes of at least 4 members (excludes halogenated alkanes) is 1. The normalized spacial score (nSPS) is 11.0. The van der Waals surface area contributed by atoms with Crippen LogP contribution in [0.2, 0.25) is 0 Å². The third kappa shape index (κ3) is 4.71. The Labute approximate surface area is 181 Å². The maximum Gasteiger partial charge on any atom is 0.273 e. The minimum absolute atomic E-state index is 0.0762. The van der Waals surface area contributed by atoms with Gasteiger partial charge >= 0.3 is 0 Å². The van der Waals surface area contributed by atoms with E-state index in [4.69, 9.17) is 17.0 Å². The van der Waals surface area contributed by atoms with E-state index in [1.54, 1.807) is 18.7 Å². The van der Waals surface area contributed by atoms with Crippen molar-refractivity contribution in [2.24, 2.45) is 7.05 Å². The number of hydrogen-bond donors (Lipinski definition) is 1. The van der Waals surface area contributed by atoms with Crippen LogP contribution in [-0.4, -0.2) is 39.4 Å². The molecule has 0 radical (unpaired) electrons. The average molecular weight is 451 g/mol. The number of methoxy groups -OCH3 is 1. The van der Waals surface area contributed by atoms with Crippen molar-refractivity contribution in [3.63, 3.8) is 0 Å².